The van der Waals surface area contributed by atoms with Crippen LogP contribution in [0.2, 0.25) is 5.02 Å². The van der Waals surface area contributed by atoms with E-state index in [1.807, 2.05) is 0 Å². The van der Waals surface area contributed by atoms with Gasteiger partial charge in [0.25, 0.3) is 5.78 Å². The number of benzene rings is 1. The van der Waals surface area contributed by atoms with Gasteiger partial charge in [0, 0.05) is 29.5 Å². The van der Waals surface area contributed by atoms with Gasteiger partial charge < -0.3 is 4.57 Å². The Balaban J connectivity index is 2.20. The molecule has 0 aliphatic rings. The molecular formula is C13H8ClF4NO. The Kier molecular flexibility index (Phi) is 3.85. The van der Waals surface area contributed by atoms with E-state index in [4.69, 9.17) is 11.6 Å². The molecule has 2 rings (SSSR count). The molecule has 2 aromatic rings. The van der Waals surface area contributed by atoms with E-state index < -0.39 is 23.3 Å². The lowest BCUT2D eigenvalue weighted by molar-refractivity contribution is -0.0885. The first-order chi connectivity index (χ1) is 9.27. The predicted octanol–water partition coefficient (Wildman–Crippen LogP) is 4.07. The van der Waals surface area contributed by atoms with Crippen molar-refractivity contribution in [3.05, 3.63) is 58.6 Å². The molecular weight excluding hydrogens is 298 g/mol. The summed E-state index contributed by atoms with van der Waals surface area (Å²) < 4.78 is 51.0. The van der Waals surface area contributed by atoms with E-state index in [-0.39, 0.29) is 11.6 Å². The average Bonchev–Trinajstić information content (AvgIpc) is 2.79. The average molecular weight is 306 g/mol. The van der Waals surface area contributed by atoms with Crippen LogP contribution in [0, 0.1) is 5.82 Å². The molecule has 1 aromatic carbocycles. The number of halogens is 5. The lowest BCUT2D eigenvalue weighted by atomic mass is 10.2. The van der Waals surface area contributed by atoms with Crippen LogP contribution in [0.4, 0.5) is 17.6 Å². The maximum atomic E-state index is 12.9. The van der Waals surface area contributed by atoms with Gasteiger partial charge in [-0.3, -0.25) is 4.79 Å². The third-order valence-electron chi connectivity index (χ3n) is 2.64. The molecule has 20 heavy (non-hydrogen) atoms. The van der Waals surface area contributed by atoms with Gasteiger partial charge in [0.1, 0.15) is 5.82 Å². The molecule has 0 spiro atoms. The molecule has 7 heteroatoms. The summed E-state index contributed by atoms with van der Waals surface area (Å²) in [6.07, 6.45) is -2.49. The van der Waals surface area contributed by atoms with Crippen LogP contribution < -0.4 is 0 Å². The molecule has 106 valence electrons. The number of ketones is 1. The third kappa shape index (κ3) is 3.19. The van der Waals surface area contributed by atoms with Gasteiger partial charge in [0.05, 0.1) is 0 Å². The number of carbonyl (C=O) groups excluding carboxylic acids is 1. The fourth-order valence-electron chi connectivity index (χ4n) is 1.68. The van der Waals surface area contributed by atoms with Crippen molar-refractivity contribution in [3.63, 3.8) is 0 Å². The molecule has 1 heterocycles. The Hall–Kier alpha value is -1.82. The molecule has 0 amide bonds. The van der Waals surface area contributed by atoms with Gasteiger partial charge in [0.2, 0.25) is 0 Å². The van der Waals surface area contributed by atoms with Gasteiger partial charge in [-0.25, -0.2) is 4.39 Å². The fraction of sp³-hybridized carbons (Fsp3) is 0.154. The first-order valence-corrected chi connectivity index (χ1v) is 5.86. The Morgan fingerprint density at radius 1 is 1.25 bits per heavy atom. The minimum absolute atomic E-state index is 0.143. The Morgan fingerprint density at radius 3 is 2.55 bits per heavy atom. The highest BCUT2D eigenvalue weighted by atomic mass is 35.5. The second kappa shape index (κ2) is 5.28. The summed E-state index contributed by atoms with van der Waals surface area (Å²) in [5, 5.41) is 0.169. The second-order valence-electron chi connectivity index (χ2n) is 4.14. The summed E-state index contributed by atoms with van der Waals surface area (Å²) in [6, 6.07) is 4.82. The molecule has 0 aliphatic heterocycles. The number of aromatic nitrogens is 1. The fourth-order valence-corrected chi connectivity index (χ4v) is 1.91. The second-order valence-corrected chi connectivity index (χ2v) is 4.54. The van der Waals surface area contributed by atoms with Crippen molar-refractivity contribution >= 4 is 17.4 Å². The highest BCUT2D eigenvalue weighted by Crippen LogP contribution is 2.23. The molecule has 0 atom stereocenters. The van der Waals surface area contributed by atoms with E-state index >= 15 is 0 Å². The number of rotatable bonds is 3. The number of Topliss-reactive ketones (excluding diaryl/α,β-unsaturated/α-hetero) is 1. The number of alkyl halides is 3. The molecule has 2 nitrogen and oxygen atoms in total. The van der Waals surface area contributed by atoms with Crippen molar-refractivity contribution in [2.45, 2.75) is 12.7 Å². The lowest BCUT2D eigenvalue weighted by Crippen LogP contribution is -2.22. The van der Waals surface area contributed by atoms with E-state index in [1.54, 1.807) is 0 Å². The summed E-state index contributed by atoms with van der Waals surface area (Å²) in [5.41, 5.74) is 0.0883. The maximum Gasteiger partial charge on any atom is 0.454 e. The minimum Gasteiger partial charge on any atom is -0.349 e. The third-order valence-corrected chi connectivity index (χ3v) is 2.99. The quantitative estimate of drug-likeness (QED) is 0.619. The van der Waals surface area contributed by atoms with Gasteiger partial charge in [-0.1, -0.05) is 17.7 Å². The largest absolute Gasteiger partial charge is 0.454 e. The summed E-state index contributed by atoms with van der Waals surface area (Å²) in [4.78, 5) is 11.0. The van der Waals surface area contributed by atoms with Gasteiger partial charge in [-0.2, -0.15) is 13.2 Å². The zero-order chi connectivity index (χ0) is 14.9. The Labute approximate surface area is 116 Å². The Bertz CT molecular complexity index is 648. The molecule has 0 saturated heterocycles. The number of hydrogen-bond acceptors (Lipinski definition) is 1. The summed E-state index contributed by atoms with van der Waals surface area (Å²) in [6.45, 7) is 0.143. The van der Waals surface area contributed by atoms with Crippen molar-refractivity contribution in [2.24, 2.45) is 0 Å². The molecule has 0 aliphatic carbocycles. The van der Waals surface area contributed by atoms with Gasteiger partial charge in [0.15, 0.2) is 0 Å². The standard InChI is InChI=1S/C13H8ClF4NO/c14-11-5-10(15)2-1-8(11)6-19-4-3-9(7-19)12(20)13(16,17)18/h1-5,7H,6H2. The zero-order valence-corrected chi connectivity index (χ0v) is 10.7. The van der Waals surface area contributed by atoms with E-state index in [9.17, 15) is 22.4 Å². The number of carbonyl (C=O) groups is 1. The normalized spacial score (nSPS) is 11.7. The molecule has 0 fully saturated rings. The highest BCUT2D eigenvalue weighted by Gasteiger charge is 2.39. The molecule has 0 saturated carbocycles. The van der Waals surface area contributed by atoms with E-state index in [0.717, 1.165) is 18.3 Å². The van der Waals surface area contributed by atoms with E-state index in [2.05, 4.69) is 0 Å². The van der Waals surface area contributed by atoms with Crippen molar-refractivity contribution in [3.8, 4) is 0 Å². The van der Waals surface area contributed by atoms with E-state index in [1.165, 1.54) is 22.9 Å². The van der Waals surface area contributed by atoms with Crippen molar-refractivity contribution in [1.29, 1.82) is 0 Å². The maximum absolute atomic E-state index is 12.9. The van der Waals surface area contributed by atoms with E-state index in [0.29, 0.717) is 5.56 Å². The lowest BCUT2D eigenvalue weighted by Gasteiger charge is -2.06. The summed E-state index contributed by atoms with van der Waals surface area (Å²) >= 11 is 5.82. The van der Waals surface area contributed by atoms with Gasteiger partial charge in [-0.05, 0) is 23.8 Å². The van der Waals surface area contributed by atoms with Crippen LogP contribution in [-0.2, 0) is 6.54 Å². The summed E-state index contributed by atoms with van der Waals surface area (Å²) in [7, 11) is 0. The number of nitrogens with zero attached hydrogens (tertiary/aromatic N) is 1. The molecule has 0 unspecified atom stereocenters. The number of hydrogen-bond donors (Lipinski definition) is 0. The topological polar surface area (TPSA) is 22.0 Å². The summed E-state index contributed by atoms with van der Waals surface area (Å²) in [5.74, 6) is -2.40. The highest BCUT2D eigenvalue weighted by molar-refractivity contribution is 6.31. The van der Waals surface area contributed by atoms with Crippen LogP contribution >= 0.6 is 11.6 Å². The molecule has 0 bridgehead atoms. The minimum atomic E-state index is -4.90. The van der Waals surface area contributed by atoms with Gasteiger partial charge >= 0.3 is 6.18 Å². The van der Waals surface area contributed by atoms with Crippen LogP contribution in [0.5, 0.6) is 0 Å². The van der Waals surface area contributed by atoms with Crippen molar-refractivity contribution < 1.29 is 22.4 Å². The molecule has 0 radical (unpaired) electrons. The smallest absolute Gasteiger partial charge is 0.349 e. The SMILES string of the molecule is O=C(c1ccn(Cc2ccc(F)cc2Cl)c1)C(F)(F)F. The first kappa shape index (κ1) is 14.6. The van der Waals surface area contributed by atoms with Crippen LogP contribution in [0.3, 0.4) is 0 Å². The van der Waals surface area contributed by atoms with Crippen LogP contribution in [-0.4, -0.2) is 16.5 Å². The monoisotopic (exact) mass is 305 g/mol. The predicted molar refractivity (Wildman–Crippen MR) is 65.3 cm³/mol. The van der Waals surface area contributed by atoms with Crippen molar-refractivity contribution in [2.75, 3.05) is 0 Å². The molecule has 0 N–H and O–H groups in total. The van der Waals surface area contributed by atoms with Crippen LogP contribution in [0.15, 0.2) is 36.7 Å². The Morgan fingerprint density at radius 2 is 1.95 bits per heavy atom. The zero-order valence-electron chi connectivity index (χ0n) is 9.92. The molecule has 1 aromatic heterocycles. The van der Waals surface area contributed by atoms with Crippen LogP contribution in [0.25, 0.3) is 0 Å². The van der Waals surface area contributed by atoms with Crippen molar-refractivity contribution in [1.82, 2.24) is 4.57 Å². The first-order valence-electron chi connectivity index (χ1n) is 5.48. The van der Waals surface area contributed by atoms with Crippen LogP contribution in [0.1, 0.15) is 15.9 Å². The van der Waals surface area contributed by atoms with Gasteiger partial charge in [-0.15, -0.1) is 0 Å².